The van der Waals surface area contributed by atoms with Gasteiger partial charge in [-0.3, -0.25) is 0 Å². The minimum Gasteiger partial charge on any atom is -0.473 e. The van der Waals surface area contributed by atoms with Gasteiger partial charge in [0.05, 0.1) is 26.2 Å². The van der Waals surface area contributed by atoms with E-state index in [2.05, 4.69) is 32.4 Å². The molecule has 0 aliphatic carbocycles. The van der Waals surface area contributed by atoms with Gasteiger partial charge in [0.25, 0.3) is 0 Å². The number of carbonyl (C=O) groups excluding carboxylic acids is 1. The first-order chi connectivity index (χ1) is 14.4. The van der Waals surface area contributed by atoms with Crippen LogP contribution >= 0.6 is 0 Å². The molecule has 0 saturated heterocycles. The predicted octanol–water partition coefficient (Wildman–Crippen LogP) is 5.82. The van der Waals surface area contributed by atoms with Crippen molar-refractivity contribution in [1.29, 1.82) is 0 Å². The number of quaternary nitrogens is 1. The lowest BCUT2D eigenvalue weighted by Crippen LogP contribution is -2.50. The minimum atomic E-state index is -1.57. The van der Waals surface area contributed by atoms with E-state index >= 15 is 0 Å². The van der Waals surface area contributed by atoms with Crippen LogP contribution in [0.4, 0.5) is 0 Å². The largest absolute Gasteiger partial charge is 0.473 e. The summed E-state index contributed by atoms with van der Waals surface area (Å²) in [4.78, 5) is 20.5. The third-order valence-corrected chi connectivity index (χ3v) is 5.33. The number of aliphatic carboxylic acids is 1. The van der Waals surface area contributed by atoms with Crippen LogP contribution in [0.15, 0.2) is 30.3 Å². The first-order valence-electron chi connectivity index (χ1n) is 11.7. The Hall–Kier alpha value is -1.88. The van der Waals surface area contributed by atoms with Crippen LogP contribution in [0.25, 0.3) is 0 Å². The molecule has 0 unspecified atom stereocenters. The highest BCUT2D eigenvalue weighted by atomic mass is 16.6. The maximum Gasteiger partial charge on any atom is 0.417 e. The molecular formula is C25H44NO4+. The van der Waals surface area contributed by atoms with E-state index in [1.165, 1.54) is 82.0 Å². The van der Waals surface area contributed by atoms with Crippen molar-refractivity contribution in [3.05, 3.63) is 35.9 Å². The molecule has 0 aliphatic heterocycles. The molecule has 0 aliphatic rings. The van der Waals surface area contributed by atoms with Crippen molar-refractivity contribution in [2.45, 2.75) is 85.7 Å². The first-order valence-corrected chi connectivity index (χ1v) is 11.7. The third-order valence-electron chi connectivity index (χ3n) is 5.33. The Morgan fingerprint density at radius 2 is 1.17 bits per heavy atom. The molecule has 0 aromatic heterocycles. The van der Waals surface area contributed by atoms with E-state index in [-0.39, 0.29) is 6.61 Å². The minimum absolute atomic E-state index is 0.00796. The van der Waals surface area contributed by atoms with Crippen molar-refractivity contribution in [1.82, 2.24) is 0 Å². The molecule has 1 N–H and O–H groups in total. The summed E-state index contributed by atoms with van der Waals surface area (Å²) in [7, 11) is 0. The summed E-state index contributed by atoms with van der Waals surface area (Å²) in [5.74, 6) is -2.81. The highest BCUT2D eigenvalue weighted by molar-refractivity contribution is 6.28. The second-order valence-corrected chi connectivity index (χ2v) is 8.02. The molecule has 172 valence electrons. The fraction of sp³-hybridized carbons (Fsp3) is 0.680. The molecule has 1 aromatic carbocycles. The maximum atomic E-state index is 10.5. The van der Waals surface area contributed by atoms with E-state index < -0.39 is 11.9 Å². The van der Waals surface area contributed by atoms with Gasteiger partial charge in [0.1, 0.15) is 6.61 Å². The average Bonchev–Trinajstić information content (AvgIpc) is 2.77. The molecule has 1 aromatic rings. The summed E-state index contributed by atoms with van der Waals surface area (Å²) in [5, 5.41) is 8.19. The number of unbranched alkanes of at least 4 members (excludes halogenated alkanes) is 4. The maximum absolute atomic E-state index is 10.5. The molecule has 1 rings (SSSR count). The Kier molecular flexibility index (Phi) is 16.8. The Morgan fingerprint density at radius 3 is 1.50 bits per heavy atom. The number of benzene rings is 1. The number of esters is 1. The number of carbonyl (C=O) groups is 2. The normalized spacial score (nSPS) is 10.8. The van der Waals surface area contributed by atoms with E-state index in [9.17, 15) is 9.59 Å². The summed E-state index contributed by atoms with van der Waals surface area (Å²) in [6, 6.07) is 8.88. The van der Waals surface area contributed by atoms with Gasteiger partial charge in [-0.15, -0.1) is 0 Å². The number of ether oxygens (including phenoxy) is 1. The number of hydrogen-bond acceptors (Lipinski definition) is 3. The zero-order valence-corrected chi connectivity index (χ0v) is 19.7. The van der Waals surface area contributed by atoms with Crippen LogP contribution in [0.3, 0.4) is 0 Å². The lowest BCUT2D eigenvalue weighted by molar-refractivity contribution is -0.929. The number of carboxylic acid groups (broad SMARTS) is 1. The zero-order chi connectivity index (χ0) is 22.7. The van der Waals surface area contributed by atoms with Gasteiger partial charge in [0.15, 0.2) is 0 Å². The Labute approximate surface area is 184 Å². The van der Waals surface area contributed by atoms with E-state index in [0.717, 1.165) is 5.56 Å². The number of rotatable bonds is 14. The summed E-state index contributed by atoms with van der Waals surface area (Å²) < 4.78 is 5.87. The van der Waals surface area contributed by atoms with E-state index in [1.54, 1.807) is 24.3 Å². The van der Waals surface area contributed by atoms with Crippen molar-refractivity contribution in [2.24, 2.45) is 0 Å². The molecule has 0 saturated carbocycles. The van der Waals surface area contributed by atoms with Gasteiger partial charge >= 0.3 is 11.9 Å². The van der Waals surface area contributed by atoms with Crippen molar-refractivity contribution >= 4 is 11.9 Å². The lowest BCUT2D eigenvalue weighted by Gasteiger charge is -2.39. The van der Waals surface area contributed by atoms with Gasteiger partial charge in [-0.25, -0.2) is 9.59 Å². The molecule has 0 radical (unpaired) electrons. The molecule has 0 heterocycles. The standard InChI is InChI=1S/C16H36N.C9H8O4/c1-5-9-13-17(14-10-6-2,15-11-7-3)16-12-8-4;10-8(11)9(12)13-6-7-4-2-1-3-5-7/h5-16H2,1-4H3;1-5H,6H2,(H,10,11)/q+1;. The Balaban J connectivity index is 0.000000579. The second-order valence-electron chi connectivity index (χ2n) is 8.02. The molecule has 30 heavy (non-hydrogen) atoms. The van der Waals surface area contributed by atoms with Crippen LogP contribution in [-0.2, 0) is 20.9 Å². The van der Waals surface area contributed by atoms with E-state index in [4.69, 9.17) is 5.11 Å². The van der Waals surface area contributed by atoms with Crippen LogP contribution < -0.4 is 0 Å². The fourth-order valence-electron chi connectivity index (χ4n) is 3.43. The topological polar surface area (TPSA) is 63.6 Å². The quantitative estimate of drug-likeness (QED) is 0.233. The van der Waals surface area contributed by atoms with Crippen molar-refractivity contribution < 1.29 is 23.9 Å². The van der Waals surface area contributed by atoms with Gasteiger partial charge in [0.2, 0.25) is 0 Å². The van der Waals surface area contributed by atoms with Crippen molar-refractivity contribution in [3.8, 4) is 0 Å². The van der Waals surface area contributed by atoms with E-state index in [1.807, 2.05) is 6.07 Å². The van der Waals surface area contributed by atoms with Gasteiger partial charge in [0, 0.05) is 0 Å². The van der Waals surface area contributed by atoms with Gasteiger partial charge in [-0.2, -0.15) is 0 Å². The summed E-state index contributed by atoms with van der Waals surface area (Å²) in [6.45, 7) is 15.0. The van der Waals surface area contributed by atoms with Crippen LogP contribution in [0.1, 0.15) is 84.6 Å². The first kappa shape index (κ1) is 28.1. The second kappa shape index (κ2) is 17.9. The van der Waals surface area contributed by atoms with Crippen LogP contribution in [-0.4, -0.2) is 47.7 Å². The predicted molar refractivity (Wildman–Crippen MR) is 123 cm³/mol. The Bertz CT molecular complexity index is 522. The van der Waals surface area contributed by atoms with Crippen molar-refractivity contribution in [2.75, 3.05) is 26.2 Å². The smallest absolute Gasteiger partial charge is 0.417 e. The fourth-order valence-corrected chi connectivity index (χ4v) is 3.43. The summed E-state index contributed by atoms with van der Waals surface area (Å²) in [5.41, 5.74) is 0.761. The summed E-state index contributed by atoms with van der Waals surface area (Å²) in [6.07, 6.45) is 11.1. The molecule has 0 atom stereocenters. The van der Waals surface area contributed by atoms with Crippen LogP contribution in [0, 0.1) is 0 Å². The monoisotopic (exact) mass is 422 g/mol. The van der Waals surface area contributed by atoms with Gasteiger partial charge < -0.3 is 14.3 Å². The van der Waals surface area contributed by atoms with E-state index in [0.29, 0.717) is 0 Å². The SMILES string of the molecule is CCCC[N+](CCCC)(CCCC)CCCC.O=C(O)C(=O)OCc1ccccc1. The average molecular weight is 423 g/mol. The number of nitrogens with zero attached hydrogens (tertiary/aromatic N) is 1. The number of hydrogen-bond donors (Lipinski definition) is 1. The molecule has 0 amide bonds. The molecule has 0 bridgehead atoms. The molecule has 0 spiro atoms. The molecule has 5 heteroatoms. The van der Waals surface area contributed by atoms with Crippen LogP contribution in [0.2, 0.25) is 0 Å². The van der Waals surface area contributed by atoms with Gasteiger partial charge in [-0.05, 0) is 31.2 Å². The van der Waals surface area contributed by atoms with Gasteiger partial charge in [-0.1, -0.05) is 83.7 Å². The zero-order valence-electron chi connectivity index (χ0n) is 19.7. The summed E-state index contributed by atoms with van der Waals surface area (Å²) >= 11 is 0. The number of carboxylic acids is 1. The highest BCUT2D eigenvalue weighted by Gasteiger charge is 2.24. The third kappa shape index (κ3) is 13.4. The molecular weight excluding hydrogens is 378 g/mol. The molecule has 5 nitrogen and oxygen atoms in total. The van der Waals surface area contributed by atoms with Crippen molar-refractivity contribution in [3.63, 3.8) is 0 Å². The highest BCUT2D eigenvalue weighted by Crippen LogP contribution is 2.16. The lowest BCUT2D eigenvalue weighted by atomic mass is 10.1. The molecule has 0 fully saturated rings. The Morgan fingerprint density at radius 1 is 0.767 bits per heavy atom. The van der Waals surface area contributed by atoms with Crippen LogP contribution in [0.5, 0.6) is 0 Å².